The fourth-order valence-electron chi connectivity index (χ4n) is 2.75. The second-order valence-corrected chi connectivity index (χ2v) is 5.71. The maximum atomic E-state index is 12.5. The summed E-state index contributed by atoms with van der Waals surface area (Å²) in [5, 5.41) is 6.32. The van der Waals surface area contributed by atoms with E-state index in [0.29, 0.717) is 5.69 Å². The third kappa shape index (κ3) is 3.53. The van der Waals surface area contributed by atoms with Crippen LogP contribution in [-0.2, 0) is 13.0 Å². The number of aromatic nitrogens is 2. The van der Waals surface area contributed by atoms with E-state index in [2.05, 4.69) is 20.2 Å². The molecule has 1 aliphatic rings. The van der Waals surface area contributed by atoms with Gasteiger partial charge in [-0.05, 0) is 24.6 Å². The standard InChI is InChI=1S/C17H22N4O2/c1-12(13-4-3-5-14(10-13)23-2)19-17(22)15-11-21-9-8-18-7-6-16(21)20-15/h3-5,10-12,18H,6-9H2,1-2H3,(H,19,22)/t12-/m0/s1. The number of hydrogen-bond acceptors (Lipinski definition) is 4. The van der Waals surface area contributed by atoms with Crippen LogP contribution in [0.25, 0.3) is 0 Å². The van der Waals surface area contributed by atoms with Gasteiger partial charge in [0.15, 0.2) is 0 Å². The van der Waals surface area contributed by atoms with Gasteiger partial charge in [-0.1, -0.05) is 12.1 Å². The summed E-state index contributed by atoms with van der Waals surface area (Å²) in [6.07, 6.45) is 2.69. The Morgan fingerprint density at radius 2 is 2.30 bits per heavy atom. The zero-order valence-electron chi connectivity index (χ0n) is 13.5. The normalized spacial score (nSPS) is 15.4. The zero-order valence-corrected chi connectivity index (χ0v) is 13.5. The average molecular weight is 314 g/mol. The Kier molecular flexibility index (Phi) is 4.62. The highest BCUT2D eigenvalue weighted by Gasteiger charge is 2.18. The van der Waals surface area contributed by atoms with Crippen molar-refractivity contribution in [3.63, 3.8) is 0 Å². The van der Waals surface area contributed by atoms with Crippen LogP contribution in [0.3, 0.4) is 0 Å². The van der Waals surface area contributed by atoms with E-state index in [-0.39, 0.29) is 11.9 Å². The molecule has 3 rings (SSSR count). The van der Waals surface area contributed by atoms with Crippen LogP contribution < -0.4 is 15.4 Å². The molecule has 0 fully saturated rings. The lowest BCUT2D eigenvalue weighted by Gasteiger charge is -2.14. The van der Waals surface area contributed by atoms with E-state index in [9.17, 15) is 4.79 Å². The molecule has 0 radical (unpaired) electrons. The van der Waals surface area contributed by atoms with Crippen LogP contribution in [0, 0.1) is 0 Å². The van der Waals surface area contributed by atoms with Crippen molar-refractivity contribution in [2.24, 2.45) is 0 Å². The summed E-state index contributed by atoms with van der Waals surface area (Å²) in [6, 6.07) is 7.60. The van der Waals surface area contributed by atoms with E-state index in [4.69, 9.17) is 4.74 Å². The Hall–Kier alpha value is -2.34. The molecule has 0 aliphatic carbocycles. The number of imidazole rings is 1. The number of carbonyl (C=O) groups is 1. The molecule has 1 atom stereocenters. The van der Waals surface area contributed by atoms with Crippen molar-refractivity contribution in [2.75, 3.05) is 20.2 Å². The molecule has 0 saturated carbocycles. The van der Waals surface area contributed by atoms with E-state index < -0.39 is 0 Å². The third-order valence-electron chi connectivity index (χ3n) is 4.09. The van der Waals surface area contributed by atoms with Gasteiger partial charge in [0.05, 0.1) is 13.2 Å². The van der Waals surface area contributed by atoms with Crippen molar-refractivity contribution in [1.29, 1.82) is 0 Å². The number of benzene rings is 1. The number of fused-ring (bicyclic) bond motifs is 1. The lowest BCUT2D eigenvalue weighted by Crippen LogP contribution is -2.27. The van der Waals surface area contributed by atoms with Gasteiger partial charge in [0.25, 0.3) is 5.91 Å². The second kappa shape index (κ2) is 6.83. The number of rotatable bonds is 4. The molecule has 1 aromatic heterocycles. The van der Waals surface area contributed by atoms with Crippen molar-refractivity contribution in [1.82, 2.24) is 20.2 Å². The number of hydrogen-bond donors (Lipinski definition) is 2. The van der Waals surface area contributed by atoms with E-state index >= 15 is 0 Å². The number of carbonyl (C=O) groups excluding carboxylic acids is 1. The minimum absolute atomic E-state index is 0.110. The van der Waals surface area contributed by atoms with Crippen LogP contribution in [0.1, 0.15) is 34.8 Å². The first kappa shape index (κ1) is 15.6. The maximum Gasteiger partial charge on any atom is 0.271 e. The van der Waals surface area contributed by atoms with Gasteiger partial charge in [0.2, 0.25) is 0 Å². The summed E-state index contributed by atoms with van der Waals surface area (Å²) in [4.78, 5) is 16.9. The van der Waals surface area contributed by atoms with Crippen molar-refractivity contribution in [2.45, 2.75) is 25.9 Å². The first-order valence-corrected chi connectivity index (χ1v) is 7.89. The summed E-state index contributed by atoms with van der Waals surface area (Å²) in [6.45, 7) is 4.61. The van der Waals surface area contributed by atoms with Crippen molar-refractivity contribution in [3.05, 3.63) is 47.5 Å². The highest BCUT2D eigenvalue weighted by atomic mass is 16.5. The molecule has 23 heavy (non-hydrogen) atoms. The van der Waals surface area contributed by atoms with E-state index in [1.165, 1.54) is 0 Å². The Bertz CT molecular complexity index is 672. The largest absolute Gasteiger partial charge is 0.497 e. The van der Waals surface area contributed by atoms with Crippen molar-refractivity contribution < 1.29 is 9.53 Å². The quantitative estimate of drug-likeness (QED) is 0.898. The number of nitrogens with zero attached hydrogens (tertiary/aromatic N) is 2. The molecule has 1 aliphatic heterocycles. The molecule has 0 saturated heterocycles. The van der Waals surface area contributed by atoms with Gasteiger partial charge < -0.3 is 19.9 Å². The second-order valence-electron chi connectivity index (χ2n) is 5.71. The lowest BCUT2D eigenvalue weighted by molar-refractivity contribution is 0.0935. The first-order valence-electron chi connectivity index (χ1n) is 7.89. The minimum Gasteiger partial charge on any atom is -0.497 e. The summed E-state index contributed by atoms with van der Waals surface area (Å²) in [5.41, 5.74) is 1.49. The summed E-state index contributed by atoms with van der Waals surface area (Å²) in [5.74, 6) is 1.60. The van der Waals surface area contributed by atoms with Gasteiger partial charge in [-0.2, -0.15) is 0 Å². The predicted octanol–water partition coefficient (Wildman–Crippen LogP) is 1.53. The van der Waals surface area contributed by atoms with Crippen LogP contribution in [0.5, 0.6) is 5.75 Å². The van der Waals surface area contributed by atoms with Crippen LogP contribution in [0.4, 0.5) is 0 Å². The Morgan fingerprint density at radius 3 is 3.13 bits per heavy atom. The third-order valence-corrected chi connectivity index (χ3v) is 4.09. The van der Waals surface area contributed by atoms with Gasteiger partial charge in [-0.3, -0.25) is 4.79 Å². The van der Waals surface area contributed by atoms with Crippen molar-refractivity contribution >= 4 is 5.91 Å². The zero-order chi connectivity index (χ0) is 16.2. The number of methoxy groups -OCH3 is 1. The van der Waals surface area contributed by atoms with Crippen LogP contribution in [-0.4, -0.2) is 35.7 Å². The Morgan fingerprint density at radius 1 is 1.43 bits per heavy atom. The van der Waals surface area contributed by atoms with Gasteiger partial charge in [0, 0.05) is 32.3 Å². The lowest BCUT2D eigenvalue weighted by atomic mass is 10.1. The highest BCUT2D eigenvalue weighted by Crippen LogP contribution is 2.19. The molecule has 1 aromatic carbocycles. The van der Waals surface area contributed by atoms with E-state index in [1.807, 2.05) is 37.4 Å². The molecule has 122 valence electrons. The molecule has 2 heterocycles. The molecule has 0 bridgehead atoms. The fraction of sp³-hybridized carbons (Fsp3) is 0.412. The average Bonchev–Trinajstić information content (AvgIpc) is 2.86. The van der Waals surface area contributed by atoms with Crippen molar-refractivity contribution in [3.8, 4) is 5.75 Å². The van der Waals surface area contributed by atoms with Gasteiger partial charge in [-0.15, -0.1) is 0 Å². The maximum absolute atomic E-state index is 12.5. The molecule has 6 heteroatoms. The van der Waals surface area contributed by atoms with Gasteiger partial charge in [-0.25, -0.2) is 4.98 Å². The van der Waals surface area contributed by atoms with Gasteiger partial charge >= 0.3 is 0 Å². The van der Waals surface area contributed by atoms with Gasteiger partial charge in [0.1, 0.15) is 17.3 Å². The van der Waals surface area contributed by atoms with Crippen LogP contribution in [0.15, 0.2) is 30.5 Å². The van der Waals surface area contributed by atoms with E-state index in [0.717, 1.165) is 43.2 Å². The molecular formula is C17H22N4O2. The van der Waals surface area contributed by atoms with E-state index in [1.54, 1.807) is 7.11 Å². The van der Waals surface area contributed by atoms with Crippen LogP contribution in [0.2, 0.25) is 0 Å². The highest BCUT2D eigenvalue weighted by molar-refractivity contribution is 5.92. The molecule has 2 N–H and O–H groups in total. The molecule has 1 amide bonds. The Labute approximate surface area is 135 Å². The predicted molar refractivity (Wildman–Crippen MR) is 87.7 cm³/mol. The molecule has 0 spiro atoms. The van der Waals surface area contributed by atoms with Crippen LogP contribution >= 0.6 is 0 Å². The number of amides is 1. The number of nitrogens with one attached hydrogen (secondary N) is 2. The monoisotopic (exact) mass is 314 g/mol. The minimum atomic E-state index is -0.145. The summed E-state index contributed by atoms with van der Waals surface area (Å²) >= 11 is 0. The fourth-order valence-corrected chi connectivity index (χ4v) is 2.75. The smallest absolute Gasteiger partial charge is 0.271 e. The topological polar surface area (TPSA) is 68.2 Å². The molecule has 6 nitrogen and oxygen atoms in total. The summed E-state index contributed by atoms with van der Waals surface area (Å²) in [7, 11) is 1.63. The first-order chi connectivity index (χ1) is 11.2. The molecule has 0 unspecified atom stereocenters. The molecular weight excluding hydrogens is 292 g/mol. The molecule has 2 aromatic rings. The Balaban J connectivity index is 1.71. The summed E-state index contributed by atoms with van der Waals surface area (Å²) < 4.78 is 7.29. The number of ether oxygens (including phenoxy) is 1. The SMILES string of the molecule is COc1cccc([C@H](C)NC(=O)c2cn3c(n2)CCNCC3)c1.